The van der Waals surface area contributed by atoms with Gasteiger partial charge in [0.1, 0.15) is 0 Å². The quantitative estimate of drug-likeness (QED) is 0.628. The third-order valence-electron chi connectivity index (χ3n) is 2.98. The van der Waals surface area contributed by atoms with Crippen LogP contribution in [0.25, 0.3) is 0 Å². The van der Waals surface area contributed by atoms with Crippen molar-refractivity contribution in [1.82, 2.24) is 4.90 Å². The second-order valence-electron chi connectivity index (χ2n) is 4.36. The summed E-state index contributed by atoms with van der Waals surface area (Å²) < 4.78 is 0. The number of hydrogen-bond acceptors (Lipinski definition) is 3. The maximum Gasteiger partial charge on any atom is 0.234 e. The second kappa shape index (κ2) is 5.32. The second-order valence-corrected chi connectivity index (χ2v) is 4.36. The van der Waals surface area contributed by atoms with Crippen molar-refractivity contribution in [3.05, 3.63) is 0 Å². The van der Waals surface area contributed by atoms with E-state index in [0.29, 0.717) is 6.42 Å². The van der Waals surface area contributed by atoms with Crippen molar-refractivity contribution in [3.63, 3.8) is 0 Å². The minimum Gasteiger partial charge on any atom is -0.368 e. The maximum atomic E-state index is 10.7. The zero-order valence-electron chi connectivity index (χ0n) is 8.91. The SMILES string of the molecule is CN(CCC(N)C(N)=O)CC1CCC1. The van der Waals surface area contributed by atoms with Crippen molar-refractivity contribution in [1.29, 1.82) is 0 Å². The molecule has 0 aromatic heterocycles. The van der Waals surface area contributed by atoms with Gasteiger partial charge in [0.05, 0.1) is 6.04 Å². The molecule has 1 aliphatic carbocycles. The third-order valence-corrected chi connectivity index (χ3v) is 2.98. The van der Waals surface area contributed by atoms with E-state index in [1.54, 1.807) is 0 Å². The summed E-state index contributed by atoms with van der Waals surface area (Å²) in [6.07, 6.45) is 4.75. The van der Waals surface area contributed by atoms with E-state index >= 15 is 0 Å². The molecule has 82 valence electrons. The first kappa shape index (κ1) is 11.5. The van der Waals surface area contributed by atoms with Gasteiger partial charge >= 0.3 is 0 Å². The van der Waals surface area contributed by atoms with Crippen LogP contribution in [0.1, 0.15) is 25.7 Å². The lowest BCUT2D eigenvalue weighted by Gasteiger charge is -2.30. The lowest BCUT2D eigenvalue weighted by Crippen LogP contribution is -2.40. The number of carbonyl (C=O) groups excluding carboxylic acids is 1. The molecule has 1 saturated carbocycles. The van der Waals surface area contributed by atoms with Crippen LogP contribution in [-0.2, 0) is 4.79 Å². The summed E-state index contributed by atoms with van der Waals surface area (Å²) in [5.41, 5.74) is 10.6. The molecule has 4 N–H and O–H groups in total. The van der Waals surface area contributed by atoms with E-state index in [1.807, 2.05) is 0 Å². The molecule has 0 spiro atoms. The Morgan fingerprint density at radius 1 is 1.57 bits per heavy atom. The number of nitrogens with two attached hydrogens (primary N) is 2. The van der Waals surface area contributed by atoms with Crippen LogP contribution in [0.3, 0.4) is 0 Å². The molecule has 1 rings (SSSR count). The highest BCUT2D eigenvalue weighted by Gasteiger charge is 2.19. The first-order valence-electron chi connectivity index (χ1n) is 5.33. The fourth-order valence-corrected chi connectivity index (χ4v) is 1.71. The van der Waals surface area contributed by atoms with Gasteiger partial charge in [0.15, 0.2) is 0 Å². The van der Waals surface area contributed by atoms with E-state index in [2.05, 4.69) is 11.9 Å². The predicted octanol–water partition coefficient (Wildman–Crippen LogP) is -0.0790. The van der Waals surface area contributed by atoms with Crippen LogP contribution in [0.2, 0.25) is 0 Å². The van der Waals surface area contributed by atoms with E-state index in [4.69, 9.17) is 11.5 Å². The van der Waals surface area contributed by atoms with Gasteiger partial charge in [0.2, 0.25) is 5.91 Å². The molecular formula is C10H21N3O. The molecule has 0 saturated heterocycles. The largest absolute Gasteiger partial charge is 0.368 e. The molecule has 1 aliphatic rings. The van der Waals surface area contributed by atoms with Gasteiger partial charge in [-0.05, 0) is 38.8 Å². The fourth-order valence-electron chi connectivity index (χ4n) is 1.71. The highest BCUT2D eigenvalue weighted by atomic mass is 16.1. The molecule has 14 heavy (non-hydrogen) atoms. The number of carbonyl (C=O) groups is 1. The van der Waals surface area contributed by atoms with Crippen molar-refractivity contribution >= 4 is 5.91 Å². The van der Waals surface area contributed by atoms with Crippen LogP contribution in [0.5, 0.6) is 0 Å². The van der Waals surface area contributed by atoms with Gasteiger partial charge in [0.25, 0.3) is 0 Å². The summed E-state index contributed by atoms with van der Waals surface area (Å²) >= 11 is 0. The summed E-state index contributed by atoms with van der Waals surface area (Å²) in [4.78, 5) is 12.9. The first-order chi connectivity index (χ1) is 6.59. The van der Waals surface area contributed by atoms with Gasteiger partial charge in [-0.25, -0.2) is 0 Å². The Morgan fingerprint density at radius 3 is 2.64 bits per heavy atom. The molecule has 1 amide bonds. The van der Waals surface area contributed by atoms with Crippen LogP contribution >= 0.6 is 0 Å². The lowest BCUT2D eigenvalue weighted by molar-refractivity contribution is -0.119. The molecule has 0 heterocycles. The molecule has 4 nitrogen and oxygen atoms in total. The van der Waals surface area contributed by atoms with E-state index in [-0.39, 0.29) is 0 Å². The smallest absolute Gasteiger partial charge is 0.234 e. The predicted molar refractivity (Wildman–Crippen MR) is 56.6 cm³/mol. The van der Waals surface area contributed by atoms with Crippen molar-refractivity contribution in [2.24, 2.45) is 17.4 Å². The Bertz CT molecular complexity index is 192. The Morgan fingerprint density at radius 2 is 2.21 bits per heavy atom. The summed E-state index contributed by atoms with van der Waals surface area (Å²) in [7, 11) is 2.08. The highest BCUT2D eigenvalue weighted by molar-refractivity contribution is 5.79. The molecule has 0 aliphatic heterocycles. The molecule has 1 fully saturated rings. The van der Waals surface area contributed by atoms with E-state index in [9.17, 15) is 4.79 Å². The fraction of sp³-hybridized carbons (Fsp3) is 0.900. The van der Waals surface area contributed by atoms with Crippen LogP contribution in [-0.4, -0.2) is 37.0 Å². The molecule has 0 aromatic rings. The van der Waals surface area contributed by atoms with Crippen molar-refractivity contribution in [2.45, 2.75) is 31.7 Å². The first-order valence-corrected chi connectivity index (χ1v) is 5.33. The number of amides is 1. The van der Waals surface area contributed by atoms with Gasteiger partial charge < -0.3 is 16.4 Å². The normalized spacial score (nSPS) is 19.4. The van der Waals surface area contributed by atoms with E-state index < -0.39 is 11.9 Å². The zero-order valence-corrected chi connectivity index (χ0v) is 8.91. The van der Waals surface area contributed by atoms with Gasteiger partial charge in [-0.15, -0.1) is 0 Å². The summed E-state index contributed by atoms with van der Waals surface area (Å²) in [5.74, 6) is 0.465. The van der Waals surface area contributed by atoms with E-state index in [1.165, 1.54) is 19.3 Å². The van der Waals surface area contributed by atoms with Crippen LogP contribution in [0.4, 0.5) is 0 Å². The highest BCUT2D eigenvalue weighted by Crippen LogP contribution is 2.26. The summed E-state index contributed by atoms with van der Waals surface area (Å²) in [6.45, 7) is 1.99. The average molecular weight is 199 g/mol. The Labute approximate surface area is 85.6 Å². The Balaban J connectivity index is 2.07. The lowest BCUT2D eigenvalue weighted by atomic mass is 9.85. The topological polar surface area (TPSA) is 72.3 Å². The Kier molecular flexibility index (Phi) is 4.35. The number of hydrogen-bond donors (Lipinski definition) is 2. The van der Waals surface area contributed by atoms with Crippen LogP contribution in [0.15, 0.2) is 0 Å². The van der Waals surface area contributed by atoms with E-state index in [0.717, 1.165) is 19.0 Å². The monoisotopic (exact) mass is 199 g/mol. The maximum absolute atomic E-state index is 10.7. The average Bonchev–Trinajstić information content (AvgIpc) is 2.07. The molecular weight excluding hydrogens is 178 g/mol. The number of primary amides is 1. The number of nitrogens with zero attached hydrogens (tertiary/aromatic N) is 1. The zero-order chi connectivity index (χ0) is 10.6. The Hall–Kier alpha value is -0.610. The molecule has 0 aromatic carbocycles. The van der Waals surface area contributed by atoms with Crippen molar-refractivity contribution in [3.8, 4) is 0 Å². The van der Waals surface area contributed by atoms with Crippen molar-refractivity contribution < 1.29 is 4.79 Å². The van der Waals surface area contributed by atoms with Gasteiger partial charge in [-0.2, -0.15) is 0 Å². The third kappa shape index (κ3) is 3.64. The summed E-state index contributed by atoms with van der Waals surface area (Å²) in [5, 5.41) is 0. The molecule has 0 bridgehead atoms. The molecule has 4 heteroatoms. The van der Waals surface area contributed by atoms with Gasteiger partial charge in [0, 0.05) is 6.54 Å². The van der Waals surface area contributed by atoms with Crippen LogP contribution < -0.4 is 11.5 Å². The van der Waals surface area contributed by atoms with Gasteiger partial charge in [-0.3, -0.25) is 4.79 Å². The molecule has 1 atom stereocenters. The summed E-state index contributed by atoms with van der Waals surface area (Å²) in [6, 6.07) is -0.487. The minimum absolute atomic E-state index is 0.401. The minimum atomic E-state index is -0.487. The molecule has 1 unspecified atom stereocenters. The van der Waals surface area contributed by atoms with Gasteiger partial charge in [-0.1, -0.05) is 6.42 Å². The van der Waals surface area contributed by atoms with Crippen LogP contribution in [0, 0.1) is 5.92 Å². The standard InChI is InChI=1S/C10H21N3O/c1-13(7-8-3-2-4-8)6-5-9(11)10(12)14/h8-9H,2-7,11H2,1H3,(H2,12,14). The molecule has 0 radical (unpaired) electrons. The van der Waals surface area contributed by atoms with Crippen molar-refractivity contribution in [2.75, 3.05) is 20.1 Å². The number of rotatable bonds is 6.